The number of carboxylic acid groups (broad SMARTS) is 1. The van der Waals surface area contributed by atoms with Crippen molar-refractivity contribution in [3.05, 3.63) is 35.4 Å². The molecule has 2 rings (SSSR count). The van der Waals surface area contributed by atoms with E-state index in [1.807, 2.05) is 24.3 Å². The predicted molar refractivity (Wildman–Crippen MR) is 74.5 cm³/mol. The first kappa shape index (κ1) is 14.0. The molecule has 0 radical (unpaired) electrons. The van der Waals surface area contributed by atoms with Gasteiger partial charge in [0.15, 0.2) is 0 Å². The van der Waals surface area contributed by atoms with E-state index in [1.165, 1.54) is 4.90 Å². The van der Waals surface area contributed by atoms with Crippen LogP contribution < -0.4 is 15.7 Å². The van der Waals surface area contributed by atoms with E-state index >= 15 is 0 Å². The summed E-state index contributed by atoms with van der Waals surface area (Å²) in [4.78, 5) is 12.6. The quantitative estimate of drug-likeness (QED) is 0.684. The van der Waals surface area contributed by atoms with Gasteiger partial charge in [0.05, 0.1) is 13.1 Å². The predicted octanol–water partition coefficient (Wildman–Crippen LogP) is -1.13. The highest BCUT2D eigenvalue weighted by Crippen LogP contribution is 2.10. The molecule has 5 heteroatoms. The van der Waals surface area contributed by atoms with Crippen LogP contribution in [0.3, 0.4) is 0 Å². The van der Waals surface area contributed by atoms with Crippen molar-refractivity contribution >= 4 is 23.2 Å². The van der Waals surface area contributed by atoms with Gasteiger partial charge in [-0.05, 0) is 0 Å². The Hall–Kier alpha value is -1.46. The van der Waals surface area contributed by atoms with Crippen LogP contribution in [0.15, 0.2) is 24.3 Å². The Labute approximate surface area is 118 Å². The average molecular weight is 278 g/mol. The molecule has 1 saturated heterocycles. The third-order valence-corrected chi connectivity index (χ3v) is 3.97. The molecule has 102 valence electrons. The summed E-state index contributed by atoms with van der Waals surface area (Å²) in [6.07, 6.45) is 1.37. The summed E-state index contributed by atoms with van der Waals surface area (Å²) >= 11 is 5.05. The van der Waals surface area contributed by atoms with Crippen LogP contribution in [0.25, 0.3) is 0 Å². The van der Waals surface area contributed by atoms with Crippen molar-refractivity contribution in [2.24, 2.45) is 11.7 Å². The number of hydrogen-bond donors (Lipinski definition) is 2. The molecule has 0 aromatic heterocycles. The topological polar surface area (TPSA) is 70.6 Å². The Morgan fingerprint density at radius 3 is 2.58 bits per heavy atom. The van der Waals surface area contributed by atoms with E-state index in [-0.39, 0.29) is 5.92 Å². The largest absolute Gasteiger partial charge is 0.550 e. The number of carbonyl (C=O) groups is 1. The van der Waals surface area contributed by atoms with Gasteiger partial charge in [0.1, 0.15) is 11.5 Å². The van der Waals surface area contributed by atoms with Gasteiger partial charge in [-0.15, -0.1) is 0 Å². The van der Waals surface area contributed by atoms with Crippen molar-refractivity contribution in [2.45, 2.75) is 19.4 Å². The van der Waals surface area contributed by atoms with E-state index in [4.69, 9.17) is 18.0 Å². The van der Waals surface area contributed by atoms with E-state index in [9.17, 15) is 9.90 Å². The molecular formula is C14H18N2O2S. The number of nitrogens with two attached hydrogens (primary N) is 1. The van der Waals surface area contributed by atoms with Crippen LogP contribution >= 0.6 is 12.2 Å². The molecule has 0 saturated carbocycles. The van der Waals surface area contributed by atoms with E-state index in [0.29, 0.717) is 17.8 Å². The van der Waals surface area contributed by atoms with Gasteiger partial charge in [0.2, 0.25) is 0 Å². The number of quaternary nitrogens is 1. The maximum Gasteiger partial charge on any atom is 0.104 e. The summed E-state index contributed by atoms with van der Waals surface area (Å²) in [6, 6.07) is 7.87. The molecule has 1 aliphatic rings. The number of carboxylic acids is 1. The van der Waals surface area contributed by atoms with Crippen LogP contribution in [0, 0.1) is 5.92 Å². The van der Waals surface area contributed by atoms with Crippen LogP contribution in [0.4, 0.5) is 0 Å². The Morgan fingerprint density at radius 2 is 2.00 bits per heavy atom. The zero-order chi connectivity index (χ0) is 13.8. The second-order valence-electron chi connectivity index (χ2n) is 5.04. The van der Waals surface area contributed by atoms with Gasteiger partial charge in [-0.25, -0.2) is 0 Å². The third-order valence-electron chi connectivity index (χ3n) is 3.75. The van der Waals surface area contributed by atoms with E-state index < -0.39 is 5.97 Å². The van der Waals surface area contributed by atoms with Gasteiger partial charge in [0.25, 0.3) is 0 Å². The molecule has 1 fully saturated rings. The van der Waals surface area contributed by atoms with E-state index in [0.717, 1.165) is 30.8 Å². The van der Waals surface area contributed by atoms with Crippen molar-refractivity contribution in [1.29, 1.82) is 0 Å². The van der Waals surface area contributed by atoms with Crippen molar-refractivity contribution in [2.75, 3.05) is 13.1 Å². The summed E-state index contributed by atoms with van der Waals surface area (Å²) in [6.45, 7) is 2.54. The Bertz CT molecular complexity index is 482. The second kappa shape index (κ2) is 6.12. The summed E-state index contributed by atoms with van der Waals surface area (Å²) in [5, 5.41) is 10.8. The Kier molecular flexibility index (Phi) is 4.50. The minimum Gasteiger partial charge on any atom is -0.550 e. The molecule has 0 spiro atoms. The van der Waals surface area contributed by atoms with Crippen LogP contribution in [0.1, 0.15) is 24.0 Å². The standard InChI is InChI=1S/C14H18N2O2S/c15-13(19)12-4-2-1-3-11(12)9-16-7-5-10(6-8-16)14(17)18/h1-4,10H,5-9H2,(H2,15,19)(H,17,18). The molecular weight excluding hydrogens is 260 g/mol. The molecule has 1 heterocycles. The van der Waals surface area contributed by atoms with Gasteiger partial charge in [0, 0.05) is 35.9 Å². The number of piperidine rings is 1. The number of nitrogens with one attached hydrogen (secondary N) is 1. The second-order valence-corrected chi connectivity index (χ2v) is 5.48. The maximum atomic E-state index is 10.8. The lowest BCUT2D eigenvalue weighted by Gasteiger charge is -2.30. The SMILES string of the molecule is NC(=S)c1ccccc1C[NH+]1CCC(C(=O)[O-])CC1. The summed E-state index contributed by atoms with van der Waals surface area (Å²) in [5.41, 5.74) is 7.78. The van der Waals surface area contributed by atoms with Crippen LogP contribution in [0.2, 0.25) is 0 Å². The van der Waals surface area contributed by atoms with Gasteiger partial charge in [-0.3, -0.25) is 0 Å². The highest BCUT2D eigenvalue weighted by atomic mass is 32.1. The number of likely N-dealkylation sites (tertiary alicyclic amines) is 1. The molecule has 0 atom stereocenters. The molecule has 0 unspecified atom stereocenters. The molecule has 4 nitrogen and oxygen atoms in total. The highest BCUT2D eigenvalue weighted by Gasteiger charge is 2.23. The monoisotopic (exact) mass is 278 g/mol. The first-order valence-corrected chi connectivity index (χ1v) is 6.91. The summed E-state index contributed by atoms with van der Waals surface area (Å²) in [7, 11) is 0. The van der Waals surface area contributed by atoms with E-state index in [2.05, 4.69) is 0 Å². The molecule has 1 aliphatic heterocycles. The van der Waals surface area contributed by atoms with Gasteiger partial charge in [-0.2, -0.15) is 0 Å². The number of benzene rings is 1. The minimum atomic E-state index is -0.914. The molecule has 0 aliphatic carbocycles. The fourth-order valence-electron chi connectivity index (χ4n) is 2.62. The number of hydrogen-bond acceptors (Lipinski definition) is 3. The summed E-state index contributed by atoms with van der Waals surface area (Å²) < 4.78 is 0. The fourth-order valence-corrected chi connectivity index (χ4v) is 2.82. The summed E-state index contributed by atoms with van der Waals surface area (Å²) in [5.74, 6) is -1.20. The third kappa shape index (κ3) is 3.52. The van der Waals surface area contributed by atoms with Crippen molar-refractivity contribution in [3.63, 3.8) is 0 Å². The fraction of sp³-hybridized carbons (Fsp3) is 0.429. The van der Waals surface area contributed by atoms with Gasteiger partial charge >= 0.3 is 0 Å². The lowest BCUT2D eigenvalue weighted by atomic mass is 9.96. The van der Waals surface area contributed by atoms with Crippen LogP contribution in [0.5, 0.6) is 0 Å². The van der Waals surface area contributed by atoms with Crippen molar-refractivity contribution < 1.29 is 14.8 Å². The zero-order valence-corrected chi connectivity index (χ0v) is 11.5. The number of thiocarbonyl (C=S) groups is 1. The molecule has 3 N–H and O–H groups in total. The maximum absolute atomic E-state index is 10.8. The van der Waals surface area contributed by atoms with Gasteiger partial charge < -0.3 is 20.5 Å². The lowest BCUT2D eigenvalue weighted by molar-refractivity contribution is -0.919. The van der Waals surface area contributed by atoms with Crippen molar-refractivity contribution in [3.8, 4) is 0 Å². The lowest BCUT2D eigenvalue weighted by Crippen LogP contribution is -3.11. The molecule has 0 bridgehead atoms. The highest BCUT2D eigenvalue weighted by molar-refractivity contribution is 7.80. The minimum absolute atomic E-state index is 0.283. The smallest absolute Gasteiger partial charge is 0.104 e. The Morgan fingerprint density at radius 1 is 1.37 bits per heavy atom. The molecule has 1 aromatic carbocycles. The number of rotatable bonds is 4. The first-order valence-electron chi connectivity index (χ1n) is 6.50. The molecule has 0 amide bonds. The first-order chi connectivity index (χ1) is 9.08. The average Bonchev–Trinajstić information content (AvgIpc) is 2.39. The van der Waals surface area contributed by atoms with Gasteiger partial charge in [-0.1, -0.05) is 36.5 Å². The molecule has 1 aromatic rings. The Balaban J connectivity index is 2.00. The normalized spacial score (nSPS) is 22.9. The number of aliphatic carboxylic acids is 1. The van der Waals surface area contributed by atoms with E-state index in [1.54, 1.807) is 0 Å². The number of carbonyl (C=O) groups excluding carboxylic acids is 1. The van der Waals surface area contributed by atoms with Crippen LogP contribution in [-0.2, 0) is 11.3 Å². The molecule has 19 heavy (non-hydrogen) atoms. The zero-order valence-electron chi connectivity index (χ0n) is 10.7. The van der Waals surface area contributed by atoms with Crippen molar-refractivity contribution in [1.82, 2.24) is 0 Å². The van der Waals surface area contributed by atoms with Crippen LogP contribution in [-0.4, -0.2) is 24.0 Å².